The first-order valence-corrected chi connectivity index (χ1v) is 9.18. The van der Waals surface area contributed by atoms with Crippen LogP contribution in [0.3, 0.4) is 0 Å². The highest BCUT2D eigenvalue weighted by Crippen LogP contribution is 2.27. The molecule has 1 aliphatic heterocycles. The SMILES string of the molecule is CNc1ccc(/C=C/C(=O)c2ccc(N3CCOCC3)cc2Cl)cc1[N+](=O)[O-]. The molecule has 0 atom stereocenters. The summed E-state index contributed by atoms with van der Waals surface area (Å²) in [5.74, 6) is -0.265. The highest BCUT2D eigenvalue weighted by atomic mass is 35.5. The number of carbonyl (C=O) groups is 1. The lowest BCUT2D eigenvalue weighted by Crippen LogP contribution is -2.36. The molecule has 1 fully saturated rings. The molecule has 1 saturated heterocycles. The molecule has 0 spiro atoms. The minimum atomic E-state index is -0.466. The van der Waals surface area contributed by atoms with Crippen molar-refractivity contribution < 1.29 is 14.5 Å². The molecule has 28 heavy (non-hydrogen) atoms. The maximum atomic E-state index is 12.5. The number of halogens is 1. The van der Waals surface area contributed by atoms with Gasteiger partial charge >= 0.3 is 0 Å². The van der Waals surface area contributed by atoms with Gasteiger partial charge in [-0.2, -0.15) is 0 Å². The minimum absolute atomic E-state index is 0.0509. The summed E-state index contributed by atoms with van der Waals surface area (Å²) in [4.78, 5) is 25.4. The van der Waals surface area contributed by atoms with Gasteiger partial charge in [0, 0.05) is 37.5 Å². The number of nitrogens with one attached hydrogen (secondary N) is 1. The van der Waals surface area contributed by atoms with Gasteiger partial charge in [0.1, 0.15) is 5.69 Å². The van der Waals surface area contributed by atoms with E-state index in [1.165, 1.54) is 12.1 Å². The number of ketones is 1. The van der Waals surface area contributed by atoms with Gasteiger partial charge in [-0.15, -0.1) is 0 Å². The number of hydrogen-bond donors (Lipinski definition) is 1. The molecule has 1 aliphatic rings. The Bertz CT molecular complexity index is 924. The summed E-state index contributed by atoms with van der Waals surface area (Å²) in [6, 6.07) is 10.1. The normalized spacial score (nSPS) is 14.3. The summed E-state index contributed by atoms with van der Waals surface area (Å²) in [6.07, 6.45) is 2.91. The predicted molar refractivity (Wildman–Crippen MR) is 110 cm³/mol. The van der Waals surface area contributed by atoms with E-state index in [0.29, 0.717) is 35.1 Å². The summed E-state index contributed by atoms with van der Waals surface area (Å²) in [7, 11) is 1.62. The van der Waals surface area contributed by atoms with Crippen molar-refractivity contribution in [2.75, 3.05) is 43.6 Å². The second kappa shape index (κ2) is 8.86. The van der Waals surface area contributed by atoms with E-state index >= 15 is 0 Å². The number of morpholine rings is 1. The van der Waals surface area contributed by atoms with Gasteiger partial charge in [-0.3, -0.25) is 14.9 Å². The maximum absolute atomic E-state index is 12.5. The van der Waals surface area contributed by atoms with Gasteiger partial charge in [0.2, 0.25) is 0 Å². The van der Waals surface area contributed by atoms with Crippen LogP contribution in [0.25, 0.3) is 6.08 Å². The molecule has 0 aliphatic carbocycles. The molecule has 0 radical (unpaired) electrons. The van der Waals surface area contributed by atoms with Crippen molar-refractivity contribution in [1.29, 1.82) is 0 Å². The molecule has 7 nitrogen and oxygen atoms in total. The molecule has 0 amide bonds. The van der Waals surface area contributed by atoms with Crippen molar-refractivity contribution >= 4 is 40.5 Å². The minimum Gasteiger partial charge on any atom is -0.383 e. The van der Waals surface area contributed by atoms with Crippen LogP contribution in [-0.4, -0.2) is 44.1 Å². The average molecular weight is 402 g/mol. The Hall–Kier alpha value is -2.90. The van der Waals surface area contributed by atoms with Crippen molar-refractivity contribution in [1.82, 2.24) is 0 Å². The van der Waals surface area contributed by atoms with Crippen molar-refractivity contribution in [3.8, 4) is 0 Å². The largest absolute Gasteiger partial charge is 0.383 e. The number of hydrogen-bond acceptors (Lipinski definition) is 6. The van der Waals surface area contributed by atoms with Crippen molar-refractivity contribution in [3.05, 3.63) is 68.7 Å². The number of carbonyl (C=O) groups excluding carboxylic acids is 1. The van der Waals surface area contributed by atoms with E-state index in [-0.39, 0.29) is 11.5 Å². The third-order valence-corrected chi connectivity index (χ3v) is 4.82. The lowest BCUT2D eigenvalue weighted by Gasteiger charge is -2.29. The van der Waals surface area contributed by atoms with Crippen LogP contribution in [0.1, 0.15) is 15.9 Å². The van der Waals surface area contributed by atoms with Crippen LogP contribution < -0.4 is 10.2 Å². The second-order valence-corrected chi connectivity index (χ2v) is 6.65. The molecule has 3 rings (SSSR count). The van der Waals surface area contributed by atoms with Gasteiger partial charge < -0.3 is 15.0 Å². The fourth-order valence-electron chi connectivity index (χ4n) is 3.00. The van der Waals surface area contributed by atoms with Crippen LogP contribution in [0.15, 0.2) is 42.5 Å². The number of anilines is 2. The van der Waals surface area contributed by atoms with Crippen molar-refractivity contribution in [2.24, 2.45) is 0 Å². The third-order valence-electron chi connectivity index (χ3n) is 4.51. The molecule has 2 aromatic carbocycles. The summed E-state index contributed by atoms with van der Waals surface area (Å²) >= 11 is 6.32. The van der Waals surface area contributed by atoms with Crippen molar-refractivity contribution in [2.45, 2.75) is 0 Å². The van der Waals surface area contributed by atoms with E-state index in [1.807, 2.05) is 6.07 Å². The van der Waals surface area contributed by atoms with Gasteiger partial charge in [-0.05, 0) is 35.9 Å². The van der Waals surface area contributed by atoms with E-state index in [9.17, 15) is 14.9 Å². The average Bonchev–Trinajstić information content (AvgIpc) is 2.72. The van der Waals surface area contributed by atoms with Gasteiger partial charge in [-0.25, -0.2) is 0 Å². The van der Waals surface area contributed by atoms with Gasteiger partial charge in [0.15, 0.2) is 5.78 Å². The Kier molecular flexibility index (Phi) is 6.28. The quantitative estimate of drug-likeness (QED) is 0.340. The third kappa shape index (κ3) is 4.49. The lowest BCUT2D eigenvalue weighted by molar-refractivity contribution is -0.383. The molecule has 8 heteroatoms. The molecule has 0 saturated carbocycles. The maximum Gasteiger partial charge on any atom is 0.292 e. The standard InChI is InChI=1S/C20H20ClN3O4/c1-22-18-6-2-14(12-19(18)24(26)27)3-7-20(25)16-5-4-15(13-17(16)21)23-8-10-28-11-9-23/h2-7,12-13,22H,8-11H2,1H3/b7-3+. The smallest absolute Gasteiger partial charge is 0.292 e. The molecule has 2 aromatic rings. The predicted octanol–water partition coefficient (Wildman–Crippen LogP) is 4.02. The number of allylic oxidation sites excluding steroid dienone is 1. The van der Waals surface area contributed by atoms with Gasteiger partial charge in [-0.1, -0.05) is 23.7 Å². The fourth-order valence-corrected chi connectivity index (χ4v) is 3.27. The molecule has 0 aromatic heterocycles. The Morgan fingerprint density at radius 2 is 2.00 bits per heavy atom. The van der Waals surface area contributed by atoms with Gasteiger partial charge in [0.25, 0.3) is 5.69 Å². The molecular formula is C20H20ClN3O4. The zero-order chi connectivity index (χ0) is 20.1. The number of nitro benzene ring substituents is 1. The second-order valence-electron chi connectivity index (χ2n) is 6.24. The molecule has 1 heterocycles. The number of ether oxygens (including phenoxy) is 1. The first-order chi connectivity index (χ1) is 13.5. The van der Waals surface area contributed by atoms with E-state index in [2.05, 4.69) is 10.2 Å². The van der Waals surface area contributed by atoms with Gasteiger partial charge in [0.05, 0.1) is 23.2 Å². The van der Waals surface area contributed by atoms with Crippen LogP contribution in [0.4, 0.5) is 17.1 Å². The van der Waals surface area contributed by atoms with E-state index in [1.54, 1.807) is 37.4 Å². The number of rotatable bonds is 6. The number of nitro groups is 1. The fraction of sp³-hybridized carbons (Fsp3) is 0.250. The Balaban J connectivity index is 1.77. The first kappa shape index (κ1) is 19.9. The van der Waals surface area contributed by atoms with Crippen LogP contribution in [0.2, 0.25) is 5.02 Å². The lowest BCUT2D eigenvalue weighted by atomic mass is 10.1. The van der Waals surface area contributed by atoms with Crippen LogP contribution in [0, 0.1) is 10.1 Å². The summed E-state index contributed by atoms with van der Waals surface area (Å²) in [6.45, 7) is 2.90. The first-order valence-electron chi connectivity index (χ1n) is 8.80. The highest BCUT2D eigenvalue weighted by molar-refractivity contribution is 6.35. The monoisotopic (exact) mass is 401 g/mol. The van der Waals surface area contributed by atoms with E-state index < -0.39 is 4.92 Å². The Morgan fingerprint density at radius 1 is 1.25 bits per heavy atom. The molecule has 1 N–H and O–H groups in total. The Morgan fingerprint density at radius 3 is 2.64 bits per heavy atom. The summed E-state index contributed by atoms with van der Waals surface area (Å²) in [5, 5.41) is 14.3. The molecule has 0 bridgehead atoms. The van der Waals surface area contributed by atoms with Crippen LogP contribution in [0.5, 0.6) is 0 Å². The molecule has 0 unspecified atom stereocenters. The van der Waals surface area contributed by atoms with E-state index in [4.69, 9.17) is 16.3 Å². The summed E-state index contributed by atoms with van der Waals surface area (Å²) < 4.78 is 5.34. The summed E-state index contributed by atoms with van der Waals surface area (Å²) in [5.41, 5.74) is 2.25. The molecular weight excluding hydrogens is 382 g/mol. The zero-order valence-electron chi connectivity index (χ0n) is 15.4. The number of benzene rings is 2. The topological polar surface area (TPSA) is 84.7 Å². The molecule has 146 valence electrons. The van der Waals surface area contributed by atoms with Crippen LogP contribution >= 0.6 is 11.6 Å². The Labute approximate surface area is 167 Å². The van der Waals surface area contributed by atoms with Crippen LogP contribution in [-0.2, 0) is 4.74 Å². The van der Waals surface area contributed by atoms with E-state index in [0.717, 1.165) is 18.8 Å². The van der Waals surface area contributed by atoms with Crippen molar-refractivity contribution in [3.63, 3.8) is 0 Å². The zero-order valence-corrected chi connectivity index (χ0v) is 16.1. The number of nitrogens with zero attached hydrogens (tertiary/aromatic N) is 2. The highest BCUT2D eigenvalue weighted by Gasteiger charge is 2.15.